The topological polar surface area (TPSA) is 59.1 Å². The van der Waals surface area contributed by atoms with Crippen molar-refractivity contribution < 1.29 is 4.74 Å². The normalized spacial score (nSPS) is 20.7. The molecule has 16 heavy (non-hydrogen) atoms. The van der Waals surface area contributed by atoms with Gasteiger partial charge in [-0.25, -0.2) is 9.97 Å². The van der Waals surface area contributed by atoms with Gasteiger partial charge in [0.2, 0.25) is 0 Å². The maximum atomic E-state index is 5.58. The summed E-state index contributed by atoms with van der Waals surface area (Å²) in [5.41, 5.74) is 0. The van der Waals surface area contributed by atoms with Gasteiger partial charge < -0.3 is 15.4 Å². The van der Waals surface area contributed by atoms with Crippen LogP contribution in [0.5, 0.6) is 0 Å². The van der Waals surface area contributed by atoms with Crippen LogP contribution in [0.25, 0.3) is 0 Å². The van der Waals surface area contributed by atoms with Gasteiger partial charge in [0, 0.05) is 25.8 Å². The van der Waals surface area contributed by atoms with Crippen molar-refractivity contribution >= 4 is 17.6 Å². The van der Waals surface area contributed by atoms with Crippen LogP contribution in [0.4, 0.5) is 5.82 Å². The molecule has 1 fully saturated rings. The number of aromatic nitrogens is 2. The minimum atomic E-state index is 0.224. The monoisotopic (exact) mass is 240 g/mol. The van der Waals surface area contributed by atoms with Crippen LogP contribution in [-0.2, 0) is 4.74 Å². The molecule has 0 saturated carbocycles. The Morgan fingerprint density at radius 1 is 1.69 bits per heavy atom. The van der Waals surface area contributed by atoms with Crippen LogP contribution in [0, 0.1) is 0 Å². The van der Waals surface area contributed by atoms with Crippen LogP contribution >= 0.6 is 11.8 Å². The van der Waals surface area contributed by atoms with E-state index in [1.807, 2.05) is 12.3 Å². The van der Waals surface area contributed by atoms with E-state index in [1.165, 1.54) is 11.8 Å². The second-order valence-electron chi connectivity index (χ2n) is 3.51. The van der Waals surface area contributed by atoms with Crippen LogP contribution < -0.4 is 10.6 Å². The summed E-state index contributed by atoms with van der Waals surface area (Å²) < 4.78 is 5.58. The molecule has 0 aromatic carbocycles. The summed E-state index contributed by atoms with van der Waals surface area (Å²) in [4.78, 5) is 8.46. The van der Waals surface area contributed by atoms with Crippen LogP contribution in [0.1, 0.15) is 0 Å². The number of thioether (sulfide) groups is 1. The van der Waals surface area contributed by atoms with Gasteiger partial charge in [0.1, 0.15) is 5.82 Å². The third kappa shape index (κ3) is 3.33. The van der Waals surface area contributed by atoms with Crippen LogP contribution in [-0.4, -0.2) is 48.6 Å². The van der Waals surface area contributed by atoms with E-state index < -0.39 is 0 Å². The van der Waals surface area contributed by atoms with Gasteiger partial charge in [-0.3, -0.25) is 0 Å². The van der Waals surface area contributed by atoms with E-state index in [9.17, 15) is 0 Å². The fraction of sp³-hybridized carbons (Fsp3) is 0.600. The van der Waals surface area contributed by atoms with Gasteiger partial charge in [-0.15, -0.1) is 0 Å². The molecule has 1 aromatic rings. The minimum absolute atomic E-state index is 0.224. The predicted octanol–water partition coefficient (Wildman–Crippen LogP) is 0.599. The summed E-state index contributed by atoms with van der Waals surface area (Å²) in [6.45, 7) is 3.40. The Bertz CT molecular complexity index is 330. The highest BCUT2D eigenvalue weighted by molar-refractivity contribution is 7.98. The molecule has 5 nitrogen and oxygen atoms in total. The number of nitrogens with one attached hydrogen (secondary N) is 2. The van der Waals surface area contributed by atoms with Crippen molar-refractivity contribution in [1.82, 2.24) is 15.3 Å². The Hall–Kier alpha value is -0.850. The van der Waals surface area contributed by atoms with Crippen LogP contribution in [0.15, 0.2) is 17.4 Å². The summed E-state index contributed by atoms with van der Waals surface area (Å²) >= 11 is 1.54. The molecule has 2 rings (SSSR count). The summed E-state index contributed by atoms with van der Waals surface area (Å²) in [6, 6.07) is 1.87. The van der Waals surface area contributed by atoms with Crippen molar-refractivity contribution in [2.24, 2.45) is 0 Å². The van der Waals surface area contributed by atoms with Gasteiger partial charge in [0.05, 0.1) is 12.7 Å². The average Bonchev–Trinajstić information content (AvgIpc) is 2.38. The average molecular weight is 240 g/mol. The Morgan fingerprint density at radius 2 is 2.62 bits per heavy atom. The molecule has 0 amide bonds. The summed E-state index contributed by atoms with van der Waals surface area (Å²) in [7, 11) is 0. The molecule has 0 bridgehead atoms. The molecule has 2 heterocycles. The van der Waals surface area contributed by atoms with Gasteiger partial charge in [-0.2, -0.15) is 0 Å². The number of rotatable bonds is 4. The molecule has 0 radical (unpaired) electrons. The first-order valence-corrected chi connectivity index (χ1v) is 6.54. The van der Waals surface area contributed by atoms with E-state index in [4.69, 9.17) is 4.74 Å². The molecule has 88 valence electrons. The Kier molecular flexibility index (Phi) is 4.38. The lowest BCUT2D eigenvalue weighted by atomic mass is 10.3. The molecule has 0 unspecified atom stereocenters. The SMILES string of the molecule is CSc1nccc(NC[C@H]2CNCCO2)n1. The number of morpholine rings is 1. The molecule has 6 heteroatoms. The van der Waals surface area contributed by atoms with Crippen molar-refractivity contribution in [2.75, 3.05) is 37.8 Å². The second kappa shape index (κ2) is 6.03. The van der Waals surface area contributed by atoms with Crippen LogP contribution in [0.2, 0.25) is 0 Å². The number of nitrogens with zero attached hydrogens (tertiary/aromatic N) is 2. The Labute approximate surface area is 99.4 Å². The standard InChI is InChI=1S/C10H16N4OS/c1-16-10-12-3-2-9(14-10)13-7-8-6-11-4-5-15-8/h2-3,8,11H,4-7H2,1H3,(H,12,13,14)/t8-/m1/s1. The zero-order valence-corrected chi connectivity index (χ0v) is 10.1. The highest BCUT2D eigenvalue weighted by atomic mass is 32.2. The zero-order valence-electron chi connectivity index (χ0n) is 9.27. The fourth-order valence-corrected chi connectivity index (χ4v) is 1.86. The maximum absolute atomic E-state index is 5.58. The van der Waals surface area contributed by atoms with E-state index in [1.54, 1.807) is 6.20 Å². The van der Waals surface area contributed by atoms with E-state index in [0.717, 1.165) is 37.2 Å². The van der Waals surface area contributed by atoms with Crippen molar-refractivity contribution in [2.45, 2.75) is 11.3 Å². The molecule has 1 saturated heterocycles. The van der Waals surface area contributed by atoms with Crippen molar-refractivity contribution in [3.8, 4) is 0 Å². The molecule has 2 N–H and O–H groups in total. The molecule has 0 aliphatic carbocycles. The Balaban J connectivity index is 1.83. The molecular weight excluding hydrogens is 224 g/mol. The molecule has 0 spiro atoms. The molecule has 1 aliphatic rings. The number of ether oxygens (including phenoxy) is 1. The Morgan fingerprint density at radius 3 is 3.38 bits per heavy atom. The van der Waals surface area contributed by atoms with Crippen LogP contribution in [0.3, 0.4) is 0 Å². The smallest absolute Gasteiger partial charge is 0.189 e. The van der Waals surface area contributed by atoms with Crippen molar-refractivity contribution in [3.05, 3.63) is 12.3 Å². The summed E-state index contributed by atoms with van der Waals surface area (Å²) in [5.74, 6) is 0.855. The van der Waals surface area contributed by atoms with E-state index in [0.29, 0.717) is 0 Å². The zero-order chi connectivity index (χ0) is 11.2. The summed E-state index contributed by atoms with van der Waals surface area (Å²) in [5, 5.41) is 7.34. The van der Waals surface area contributed by atoms with E-state index in [-0.39, 0.29) is 6.10 Å². The minimum Gasteiger partial charge on any atom is -0.374 e. The van der Waals surface area contributed by atoms with Gasteiger partial charge in [-0.05, 0) is 12.3 Å². The molecular formula is C10H16N4OS. The van der Waals surface area contributed by atoms with Gasteiger partial charge in [0.25, 0.3) is 0 Å². The van der Waals surface area contributed by atoms with Crippen molar-refractivity contribution in [3.63, 3.8) is 0 Å². The third-order valence-electron chi connectivity index (χ3n) is 2.33. The van der Waals surface area contributed by atoms with E-state index >= 15 is 0 Å². The molecule has 1 aliphatic heterocycles. The highest BCUT2D eigenvalue weighted by Crippen LogP contribution is 2.10. The first kappa shape index (κ1) is 11.6. The van der Waals surface area contributed by atoms with Gasteiger partial charge in [0.15, 0.2) is 5.16 Å². The second-order valence-corrected chi connectivity index (χ2v) is 4.28. The molecule has 1 aromatic heterocycles. The lowest BCUT2D eigenvalue weighted by Crippen LogP contribution is -2.42. The van der Waals surface area contributed by atoms with Gasteiger partial charge >= 0.3 is 0 Å². The highest BCUT2D eigenvalue weighted by Gasteiger charge is 2.12. The first-order chi connectivity index (χ1) is 7.88. The summed E-state index contributed by atoms with van der Waals surface area (Å²) in [6.07, 6.45) is 3.95. The number of anilines is 1. The first-order valence-electron chi connectivity index (χ1n) is 5.31. The lowest BCUT2D eigenvalue weighted by Gasteiger charge is -2.23. The maximum Gasteiger partial charge on any atom is 0.189 e. The van der Waals surface area contributed by atoms with Gasteiger partial charge in [-0.1, -0.05) is 11.8 Å². The number of hydrogen-bond acceptors (Lipinski definition) is 6. The largest absolute Gasteiger partial charge is 0.374 e. The molecule has 1 atom stereocenters. The van der Waals surface area contributed by atoms with E-state index in [2.05, 4.69) is 20.6 Å². The van der Waals surface area contributed by atoms with Crippen molar-refractivity contribution in [1.29, 1.82) is 0 Å². The fourth-order valence-electron chi connectivity index (χ4n) is 1.51. The predicted molar refractivity (Wildman–Crippen MR) is 64.9 cm³/mol. The quantitative estimate of drug-likeness (QED) is 0.593. The lowest BCUT2D eigenvalue weighted by molar-refractivity contribution is 0.0372. The third-order valence-corrected chi connectivity index (χ3v) is 2.89. The number of hydrogen-bond donors (Lipinski definition) is 2.